The molecule has 1 aromatic rings. The van der Waals surface area contributed by atoms with E-state index in [0.29, 0.717) is 11.1 Å². The molecule has 1 aliphatic rings. The number of ether oxygens (including phenoxy) is 1. The molecule has 1 aromatic carbocycles. The predicted octanol–water partition coefficient (Wildman–Crippen LogP) is 2.81. The first-order chi connectivity index (χ1) is 7.48. The fraction of sp³-hybridized carbons (Fsp3) is 0.500. The van der Waals surface area contributed by atoms with E-state index in [1.807, 2.05) is 0 Å². The second kappa shape index (κ2) is 3.70. The van der Waals surface area contributed by atoms with Crippen molar-refractivity contribution in [1.82, 2.24) is 0 Å². The van der Waals surface area contributed by atoms with E-state index in [4.69, 9.17) is 10.5 Å². The van der Waals surface area contributed by atoms with Gasteiger partial charge in [0, 0.05) is 11.1 Å². The average Bonchev–Trinajstić information content (AvgIpc) is 2.96. The highest BCUT2D eigenvalue weighted by Crippen LogP contribution is 2.48. The standard InChI is InChI=1S/C12H15F2NO/c1-7(13)8-5-9(12(15)3-4-12)11(16-2)10(14)6-8/h5-7H,3-4,15H2,1-2H3. The SMILES string of the molecule is COc1c(F)cc(C(C)F)cc1C1(N)CC1. The Morgan fingerprint density at radius 3 is 2.50 bits per heavy atom. The lowest BCUT2D eigenvalue weighted by atomic mass is 9.99. The van der Waals surface area contributed by atoms with Crippen molar-refractivity contribution in [3.63, 3.8) is 0 Å². The van der Waals surface area contributed by atoms with Gasteiger partial charge in [0.2, 0.25) is 0 Å². The van der Waals surface area contributed by atoms with Crippen LogP contribution in [0.4, 0.5) is 8.78 Å². The van der Waals surface area contributed by atoms with E-state index in [2.05, 4.69) is 0 Å². The number of hydrogen-bond acceptors (Lipinski definition) is 2. The molecular formula is C12H15F2NO. The van der Waals surface area contributed by atoms with Crippen molar-refractivity contribution in [3.8, 4) is 5.75 Å². The Labute approximate surface area is 93.4 Å². The summed E-state index contributed by atoms with van der Waals surface area (Å²) in [5.74, 6) is -0.402. The van der Waals surface area contributed by atoms with Gasteiger partial charge in [0.05, 0.1) is 7.11 Å². The Bertz CT molecular complexity index is 414. The number of rotatable bonds is 3. The quantitative estimate of drug-likeness (QED) is 0.861. The second-order valence-corrected chi connectivity index (χ2v) is 4.36. The molecule has 4 heteroatoms. The number of methoxy groups -OCH3 is 1. The first kappa shape index (κ1) is 11.3. The third-order valence-electron chi connectivity index (χ3n) is 3.05. The van der Waals surface area contributed by atoms with Crippen LogP contribution in [0.1, 0.15) is 37.1 Å². The summed E-state index contributed by atoms with van der Waals surface area (Å²) >= 11 is 0. The molecule has 0 radical (unpaired) electrons. The normalized spacial score (nSPS) is 19.3. The van der Waals surface area contributed by atoms with Crippen LogP contribution in [0.5, 0.6) is 5.75 Å². The molecule has 1 atom stereocenters. The summed E-state index contributed by atoms with van der Waals surface area (Å²) in [6, 6.07) is 2.78. The van der Waals surface area contributed by atoms with Gasteiger partial charge in [-0.2, -0.15) is 0 Å². The van der Waals surface area contributed by atoms with Crippen LogP contribution in [0.15, 0.2) is 12.1 Å². The molecule has 2 N–H and O–H groups in total. The lowest BCUT2D eigenvalue weighted by Gasteiger charge is -2.17. The van der Waals surface area contributed by atoms with Crippen molar-refractivity contribution < 1.29 is 13.5 Å². The lowest BCUT2D eigenvalue weighted by molar-refractivity contribution is 0.360. The first-order valence-electron chi connectivity index (χ1n) is 5.29. The molecule has 0 saturated heterocycles. The second-order valence-electron chi connectivity index (χ2n) is 4.36. The number of halogens is 2. The van der Waals surface area contributed by atoms with Crippen LogP contribution in [0.25, 0.3) is 0 Å². The summed E-state index contributed by atoms with van der Waals surface area (Å²) in [4.78, 5) is 0. The predicted molar refractivity (Wildman–Crippen MR) is 57.6 cm³/mol. The Kier molecular flexibility index (Phi) is 2.62. The molecule has 0 amide bonds. The molecule has 0 aromatic heterocycles. The van der Waals surface area contributed by atoms with Crippen molar-refractivity contribution in [3.05, 3.63) is 29.1 Å². The van der Waals surface area contributed by atoms with Crippen molar-refractivity contribution in [2.75, 3.05) is 7.11 Å². The van der Waals surface area contributed by atoms with Crippen LogP contribution < -0.4 is 10.5 Å². The highest BCUT2D eigenvalue weighted by Gasteiger charge is 2.43. The van der Waals surface area contributed by atoms with Crippen molar-refractivity contribution >= 4 is 0 Å². The Morgan fingerprint density at radius 1 is 1.44 bits per heavy atom. The maximum absolute atomic E-state index is 13.7. The van der Waals surface area contributed by atoms with Gasteiger partial charge in [0.15, 0.2) is 11.6 Å². The number of hydrogen-bond donors (Lipinski definition) is 1. The zero-order valence-electron chi connectivity index (χ0n) is 9.39. The minimum atomic E-state index is -1.21. The molecule has 1 aliphatic carbocycles. The van der Waals surface area contributed by atoms with Crippen molar-refractivity contribution in [2.45, 2.75) is 31.5 Å². The third kappa shape index (κ3) is 1.78. The van der Waals surface area contributed by atoms with Gasteiger partial charge in [-0.15, -0.1) is 0 Å². The smallest absolute Gasteiger partial charge is 0.165 e. The minimum absolute atomic E-state index is 0.143. The maximum Gasteiger partial charge on any atom is 0.165 e. The van der Waals surface area contributed by atoms with Crippen LogP contribution in [0, 0.1) is 5.82 Å². The van der Waals surface area contributed by atoms with Gasteiger partial charge in [-0.3, -0.25) is 0 Å². The zero-order chi connectivity index (χ0) is 11.9. The molecule has 0 bridgehead atoms. The maximum atomic E-state index is 13.7. The minimum Gasteiger partial charge on any atom is -0.493 e. The summed E-state index contributed by atoms with van der Waals surface area (Å²) in [6.45, 7) is 1.38. The van der Waals surface area contributed by atoms with Gasteiger partial charge in [0.25, 0.3) is 0 Å². The van der Waals surface area contributed by atoms with E-state index in [1.54, 1.807) is 6.07 Å². The molecule has 2 rings (SSSR count). The van der Waals surface area contributed by atoms with Crippen LogP contribution in [0.2, 0.25) is 0 Å². The largest absolute Gasteiger partial charge is 0.493 e. The van der Waals surface area contributed by atoms with E-state index in [1.165, 1.54) is 20.1 Å². The van der Waals surface area contributed by atoms with Gasteiger partial charge in [-0.05, 0) is 37.5 Å². The van der Waals surface area contributed by atoms with Crippen LogP contribution in [-0.4, -0.2) is 7.11 Å². The molecule has 2 nitrogen and oxygen atoms in total. The van der Waals surface area contributed by atoms with E-state index in [0.717, 1.165) is 12.8 Å². The molecular weight excluding hydrogens is 212 g/mol. The molecule has 16 heavy (non-hydrogen) atoms. The fourth-order valence-corrected chi connectivity index (χ4v) is 1.83. The van der Waals surface area contributed by atoms with Crippen LogP contribution in [0.3, 0.4) is 0 Å². The summed E-state index contributed by atoms with van der Waals surface area (Å²) in [7, 11) is 1.40. The molecule has 88 valence electrons. The number of nitrogens with two attached hydrogens (primary N) is 1. The fourth-order valence-electron chi connectivity index (χ4n) is 1.83. The summed E-state index contributed by atoms with van der Waals surface area (Å²) < 4.78 is 31.9. The molecule has 0 heterocycles. The number of alkyl halides is 1. The highest BCUT2D eigenvalue weighted by atomic mass is 19.1. The number of benzene rings is 1. The summed E-state index contributed by atoms with van der Waals surface area (Å²) in [6.07, 6.45) is 0.362. The van der Waals surface area contributed by atoms with E-state index >= 15 is 0 Å². The van der Waals surface area contributed by atoms with Crippen LogP contribution in [-0.2, 0) is 5.54 Å². The highest BCUT2D eigenvalue weighted by molar-refractivity contribution is 5.46. The van der Waals surface area contributed by atoms with Crippen LogP contribution >= 0.6 is 0 Å². The third-order valence-corrected chi connectivity index (χ3v) is 3.05. The van der Waals surface area contributed by atoms with Crippen molar-refractivity contribution in [2.24, 2.45) is 5.73 Å². The van der Waals surface area contributed by atoms with Gasteiger partial charge < -0.3 is 10.5 Å². The summed E-state index contributed by atoms with van der Waals surface area (Å²) in [5, 5.41) is 0. The molecule has 1 fully saturated rings. The topological polar surface area (TPSA) is 35.2 Å². The monoisotopic (exact) mass is 227 g/mol. The zero-order valence-corrected chi connectivity index (χ0v) is 9.39. The van der Waals surface area contributed by atoms with Gasteiger partial charge in [-0.1, -0.05) is 0 Å². The first-order valence-corrected chi connectivity index (χ1v) is 5.29. The van der Waals surface area contributed by atoms with E-state index in [-0.39, 0.29) is 5.75 Å². The summed E-state index contributed by atoms with van der Waals surface area (Å²) in [5.41, 5.74) is 6.37. The van der Waals surface area contributed by atoms with E-state index in [9.17, 15) is 8.78 Å². The molecule has 0 spiro atoms. The van der Waals surface area contributed by atoms with Gasteiger partial charge in [-0.25, -0.2) is 8.78 Å². The Balaban J connectivity index is 2.55. The van der Waals surface area contributed by atoms with E-state index < -0.39 is 17.5 Å². The Hall–Kier alpha value is -1.16. The Morgan fingerprint density at radius 2 is 2.06 bits per heavy atom. The molecule has 1 saturated carbocycles. The van der Waals surface area contributed by atoms with Crippen molar-refractivity contribution in [1.29, 1.82) is 0 Å². The molecule has 1 unspecified atom stereocenters. The lowest BCUT2D eigenvalue weighted by Crippen LogP contribution is -2.20. The van der Waals surface area contributed by atoms with Gasteiger partial charge in [0.1, 0.15) is 6.17 Å². The van der Waals surface area contributed by atoms with Gasteiger partial charge >= 0.3 is 0 Å². The molecule has 0 aliphatic heterocycles. The average molecular weight is 227 g/mol.